The normalized spacial score (nSPS) is 20.6. The maximum absolute atomic E-state index is 13.0. The molecule has 0 N–H and O–H groups in total. The molecule has 1 aliphatic heterocycles. The molecule has 0 radical (unpaired) electrons. The van der Waals surface area contributed by atoms with Gasteiger partial charge in [0.05, 0.1) is 29.7 Å². The van der Waals surface area contributed by atoms with Crippen LogP contribution in [0.15, 0.2) is 36.4 Å². The summed E-state index contributed by atoms with van der Waals surface area (Å²) in [7, 11) is 0. The minimum Gasteiger partial charge on any atom is -0.370 e. The van der Waals surface area contributed by atoms with Gasteiger partial charge in [0, 0.05) is 6.07 Å². The van der Waals surface area contributed by atoms with Crippen LogP contribution in [0.25, 0.3) is 0 Å². The van der Waals surface area contributed by atoms with E-state index in [9.17, 15) is 23.3 Å². The lowest BCUT2D eigenvalue weighted by atomic mass is 10.0. The van der Waals surface area contributed by atoms with E-state index in [0.29, 0.717) is 24.5 Å². The van der Waals surface area contributed by atoms with Gasteiger partial charge in [-0.05, 0) is 37.6 Å². The summed E-state index contributed by atoms with van der Waals surface area (Å²) >= 11 is 0. The van der Waals surface area contributed by atoms with Gasteiger partial charge in [0.1, 0.15) is 17.6 Å². The average Bonchev–Trinajstić information content (AvgIpc) is 2.61. The number of rotatable bonds is 3. The monoisotopic (exact) mass is 381 g/mol. The lowest BCUT2D eigenvalue weighted by molar-refractivity contribution is -0.385. The van der Waals surface area contributed by atoms with Gasteiger partial charge in [-0.3, -0.25) is 10.1 Å². The highest BCUT2D eigenvalue weighted by molar-refractivity contribution is 5.48. The third-order valence-corrected chi connectivity index (χ3v) is 4.55. The van der Waals surface area contributed by atoms with Crippen molar-refractivity contribution in [3.05, 3.63) is 63.3 Å². The second-order valence-corrected chi connectivity index (χ2v) is 6.48. The first-order chi connectivity index (χ1) is 12.7. The van der Waals surface area contributed by atoms with Crippen molar-refractivity contribution in [2.45, 2.75) is 32.2 Å². The molecule has 2 aromatic rings. The van der Waals surface area contributed by atoms with Gasteiger partial charge in [0.2, 0.25) is 0 Å². The van der Waals surface area contributed by atoms with Crippen molar-refractivity contribution in [3.63, 3.8) is 0 Å². The predicted molar refractivity (Wildman–Crippen MR) is 92.6 cm³/mol. The van der Waals surface area contributed by atoms with Gasteiger partial charge in [0.15, 0.2) is 0 Å². The second kappa shape index (κ2) is 7.15. The molecule has 1 fully saturated rings. The van der Waals surface area contributed by atoms with E-state index in [-0.39, 0.29) is 17.4 Å². The van der Waals surface area contributed by atoms with Crippen LogP contribution in [0.3, 0.4) is 0 Å². The van der Waals surface area contributed by atoms with Gasteiger partial charge in [-0.2, -0.15) is 13.2 Å². The molecular weight excluding hydrogens is 363 g/mol. The van der Waals surface area contributed by atoms with Gasteiger partial charge in [-0.15, -0.1) is 0 Å². The predicted octanol–water partition coefficient (Wildman–Crippen LogP) is 4.28. The lowest BCUT2D eigenvalue weighted by Crippen LogP contribution is -2.45. The SMILES string of the molecule is Cc1nc(N2C[C@H](c3cccc(C(F)(F)F)c3)OC[C@@H]2C)ccc1[N+](=O)[O-]. The fraction of sp³-hybridized carbons (Fsp3) is 0.389. The fourth-order valence-electron chi connectivity index (χ4n) is 3.09. The summed E-state index contributed by atoms with van der Waals surface area (Å²) in [5.41, 5.74) is -0.0839. The van der Waals surface area contributed by atoms with E-state index in [1.165, 1.54) is 12.1 Å². The smallest absolute Gasteiger partial charge is 0.370 e. The Morgan fingerprint density at radius 3 is 2.67 bits per heavy atom. The van der Waals surface area contributed by atoms with Crippen molar-refractivity contribution >= 4 is 11.5 Å². The van der Waals surface area contributed by atoms with Gasteiger partial charge in [-0.25, -0.2) is 4.98 Å². The minimum atomic E-state index is -4.42. The largest absolute Gasteiger partial charge is 0.416 e. The van der Waals surface area contributed by atoms with Crippen molar-refractivity contribution in [2.24, 2.45) is 0 Å². The first-order valence-corrected chi connectivity index (χ1v) is 8.34. The number of morpholine rings is 1. The number of halogens is 3. The Labute approximate surface area is 153 Å². The third kappa shape index (κ3) is 4.02. The molecule has 0 amide bonds. The quantitative estimate of drug-likeness (QED) is 0.586. The molecule has 1 aliphatic rings. The molecule has 144 valence electrons. The van der Waals surface area contributed by atoms with Crippen LogP contribution in [-0.4, -0.2) is 29.1 Å². The topological polar surface area (TPSA) is 68.5 Å². The van der Waals surface area contributed by atoms with Crippen molar-refractivity contribution in [3.8, 4) is 0 Å². The van der Waals surface area contributed by atoms with E-state index in [2.05, 4.69) is 4.98 Å². The van der Waals surface area contributed by atoms with Crippen molar-refractivity contribution in [1.29, 1.82) is 0 Å². The summed E-state index contributed by atoms with van der Waals surface area (Å²) in [5, 5.41) is 11.0. The minimum absolute atomic E-state index is 0.0691. The zero-order chi connectivity index (χ0) is 19.8. The number of pyridine rings is 1. The molecule has 0 saturated carbocycles. The molecular formula is C18H18F3N3O3. The van der Waals surface area contributed by atoms with E-state index >= 15 is 0 Å². The Hall–Kier alpha value is -2.68. The summed E-state index contributed by atoms with van der Waals surface area (Å²) in [4.78, 5) is 16.7. The van der Waals surface area contributed by atoms with Crippen LogP contribution in [-0.2, 0) is 10.9 Å². The highest BCUT2D eigenvalue weighted by Crippen LogP contribution is 2.34. The van der Waals surface area contributed by atoms with Gasteiger partial charge < -0.3 is 9.64 Å². The van der Waals surface area contributed by atoms with Crippen LogP contribution in [0.4, 0.5) is 24.7 Å². The number of alkyl halides is 3. The van der Waals surface area contributed by atoms with Gasteiger partial charge in [0.25, 0.3) is 5.69 Å². The summed E-state index contributed by atoms with van der Waals surface area (Å²) < 4.78 is 44.7. The standard InChI is InChI=1S/C18H18F3N3O3/c1-11-10-27-16(13-4-3-5-14(8-13)18(19,20)21)9-23(11)17-7-6-15(24(25)26)12(2)22-17/h3-8,11,16H,9-10H2,1-2H3/t11-,16+/m0/s1. The number of aryl methyl sites for hydroxylation is 1. The van der Waals surface area contributed by atoms with Crippen LogP contribution < -0.4 is 4.90 Å². The second-order valence-electron chi connectivity index (χ2n) is 6.48. The molecule has 1 aromatic carbocycles. The van der Waals surface area contributed by atoms with E-state index in [4.69, 9.17) is 4.74 Å². The van der Waals surface area contributed by atoms with E-state index in [1.807, 2.05) is 11.8 Å². The number of nitro groups is 1. The number of anilines is 1. The molecule has 6 nitrogen and oxygen atoms in total. The van der Waals surface area contributed by atoms with Crippen LogP contribution >= 0.6 is 0 Å². The Kier molecular flexibility index (Phi) is 5.05. The average molecular weight is 381 g/mol. The zero-order valence-electron chi connectivity index (χ0n) is 14.7. The number of benzene rings is 1. The lowest BCUT2D eigenvalue weighted by Gasteiger charge is -2.39. The maximum atomic E-state index is 13.0. The molecule has 0 unspecified atom stereocenters. The van der Waals surface area contributed by atoms with E-state index in [0.717, 1.165) is 12.1 Å². The number of aromatic nitrogens is 1. The Morgan fingerprint density at radius 1 is 1.30 bits per heavy atom. The summed E-state index contributed by atoms with van der Waals surface area (Å²) in [6, 6.07) is 7.94. The highest BCUT2D eigenvalue weighted by Gasteiger charge is 2.33. The molecule has 2 heterocycles. The first kappa shape index (κ1) is 19.1. The van der Waals surface area contributed by atoms with Gasteiger partial charge in [-0.1, -0.05) is 12.1 Å². The zero-order valence-corrected chi connectivity index (χ0v) is 14.7. The number of hydrogen-bond acceptors (Lipinski definition) is 5. The number of ether oxygens (including phenoxy) is 1. The van der Waals surface area contributed by atoms with Crippen molar-refractivity contribution in [1.82, 2.24) is 4.98 Å². The Balaban J connectivity index is 1.87. The van der Waals surface area contributed by atoms with E-state index in [1.54, 1.807) is 19.1 Å². The summed E-state index contributed by atoms with van der Waals surface area (Å²) in [6.45, 7) is 4.06. The summed E-state index contributed by atoms with van der Waals surface area (Å²) in [6.07, 6.45) is -4.98. The molecule has 1 saturated heterocycles. The molecule has 3 rings (SSSR count). The van der Waals surface area contributed by atoms with Crippen LogP contribution in [0.1, 0.15) is 29.8 Å². The molecule has 27 heavy (non-hydrogen) atoms. The van der Waals surface area contributed by atoms with Crippen LogP contribution in [0.2, 0.25) is 0 Å². The molecule has 2 atom stereocenters. The molecule has 0 aliphatic carbocycles. The molecule has 0 spiro atoms. The molecule has 0 bridgehead atoms. The fourth-order valence-corrected chi connectivity index (χ4v) is 3.09. The Bertz CT molecular complexity index is 857. The highest BCUT2D eigenvalue weighted by atomic mass is 19.4. The number of hydrogen-bond donors (Lipinski definition) is 0. The Morgan fingerprint density at radius 2 is 2.04 bits per heavy atom. The van der Waals surface area contributed by atoms with Crippen LogP contribution in [0.5, 0.6) is 0 Å². The van der Waals surface area contributed by atoms with Crippen molar-refractivity contribution in [2.75, 3.05) is 18.1 Å². The maximum Gasteiger partial charge on any atom is 0.416 e. The molecule has 9 heteroatoms. The third-order valence-electron chi connectivity index (χ3n) is 4.55. The number of nitrogens with zero attached hydrogens (tertiary/aromatic N) is 3. The van der Waals surface area contributed by atoms with E-state index < -0.39 is 22.8 Å². The first-order valence-electron chi connectivity index (χ1n) is 8.34. The van der Waals surface area contributed by atoms with Crippen molar-refractivity contribution < 1.29 is 22.8 Å². The summed E-state index contributed by atoms with van der Waals surface area (Å²) in [5.74, 6) is 0.533. The molecule has 1 aromatic heterocycles. The van der Waals surface area contributed by atoms with Gasteiger partial charge >= 0.3 is 6.18 Å². The van der Waals surface area contributed by atoms with Crippen LogP contribution in [0, 0.1) is 17.0 Å².